The molecule has 1 unspecified atom stereocenters. The Labute approximate surface area is 86.0 Å². The van der Waals surface area contributed by atoms with Gasteiger partial charge < -0.3 is 5.32 Å². The van der Waals surface area contributed by atoms with Gasteiger partial charge in [-0.25, -0.2) is 0 Å². The predicted molar refractivity (Wildman–Crippen MR) is 60.3 cm³/mol. The van der Waals surface area contributed by atoms with E-state index in [0.717, 1.165) is 11.8 Å². The van der Waals surface area contributed by atoms with Gasteiger partial charge in [0.25, 0.3) is 0 Å². The Kier molecular flexibility index (Phi) is 3.98. The van der Waals surface area contributed by atoms with Crippen LogP contribution < -0.4 is 5.32 Å². The number of thioether (sulfide) groups is 1. The van der Waals surface area contributed by atoms with Gasteiger partial charge in [-0.1, -0.05) is 19.3 Å². The van der Waals surface area contributed by atoms with E-state index in [1.165, 1.54) is 56.7 Å². The molecule has 0 spiro atoms. The molecule has 13 heavy (non-hydrogen) atoms. The number of nitrogens with one attached hydrogen (secondary N) is 1. The van der Waals surface area contributed by atoms with Gasteiger partial charge in [0.2, 0.25) is 0 Å². The van der Waals surface area contributed by atoms with Crippen molar-refractivity contribution >= 4 is 11.8 Å². The molecule has 2 aliphatic rings. The van der Waals surface area contributed by atoms with Crippen molar-refractivity contribution in [1.82, 2.24) is 5.32 Å². The molecular weight excluding hydrogens is 178 g/mol. The fourth-order valence-corrected chi connectivity index (χ4v) is 3.42. The molecule has 2 rings (SSSR count). The van der Waals surface area contributed by atoms with Gasteiger partial charge in [-0.15, -0.1) is 0 Å². The van der Waals surface area contributed by atoms with E-state index < -0.39 is 0 Å². The summed E-state index contributed by atoms with van der Waals surface area (Å²) in [4.78, 5) is 0. The standard InChI is InChI=1S/C11H21NS/c1-2-10(3-1)4-6-12-8-11-5-7-13-9-11/h10-12H,1-9H2. The van der Waals surface area contributed by atoms with Crippen LogP contribution in [0.25, 0.3) is 0 Å². The summed E-state index contributed by atoms with van der Waals surface area (Å²) in [6, 6.07) is 0. The lowest BCUT2D eigenvalue weighted by Gasteiger charge is -2.25. The van der Waals surface area contributed by atoms with Gasteiger partial charge in [0, 0.05) is 0 Å². The van der Waals surface area contributed by atoms with E-state index >= 15 is 0 Å². The highest BCUT2D eigenvalue weighted by molar-refractivity contribution is 7.99. The molecule has 1 heterocycles. The maximum atomic E-state index is 3.61. The quantitative estimate of drug-likeness (QED) is 0.683. The van der Waals surface area contributed by atoms with Crippen molar-refractivity contribution in [1.29, 1.82) is 0 Å². The SMILES string of the molecule is C1CC(CCNCC2CCSC2)C1. The molecule has 0 amide bonds. The Hall–Kier alpha value is 0.310. The molecule has 0 aromatic carbocycles. The fourth-order valence-electron chi connectivity index (χ4n) is 2.14. The second-order valence-corrected chi connectivity index (χ2v) is 5.67. The summed E-state index contributed by atoms with van der Waals surface area (Å²) in [6.07, 6.45) is 7.37. The van der Waals surface area contributed by atoms with E-state index in [1.807, 2.05) is 0 Å². The minimum absolute atomic E-state index is 0.978. The van der Waals surface area contributed by atoms with Crippen LogP contribution in [0.2, 0.25) is 0 Å². The van der Waals surface area contributed by atoms with E-state index in [2.05, 4.69) is 17.1 Å². The first kappa shape index (κ1) is 9.85. The second kappa shape index (κ2) is 5.26. The van der Waals surface area contributed by atoms with Crippen molar-refractivity contribution in [2.45, 2.75) is 32.1 Å². The van der Waals surface area contributed by atoms with E-state index in [-0.39, 0.29) is 0 Å². The van der Waals surface area contributed by atoms with Gasteiger partial charge in [0.05, 0.1) is 0 Å². The molecule has 2 fully saturated rings. The highest BCUT2D eigenvalue weighted by Crippen LogP contribution is 2.28. The molecule has 1 nitrogen and oxygen atoms in total. The molecule has 1 atom stereocenters. The van der Waals surface area contributed by atoms with Crippen LogP contribution in [-0.4, -0.2) is 24.6 Å². The summed E-state index contributed by atoms with van der Waals surface area (Å²) in [7, 11) is 0. The Balaban J connectivity index is 1.43. The Morgan fingerprint density at radius 1 is 1.15 bits per heavy atom. The van der Waals surface area contributed by atoms with Crippen molar-refractivity contribution in [2.75, 3.05) is 24.6 Å². The van der Waals surface area contributed by atoms with Gasteiger partial charge in [0.15, 0.2) is 0 Å². The highest BCUT2D eigenvalue weighted by Gasteiger charge is 2.17. The molecule has 0 aromatic heterocycles. The lowest BCUT2D eigenvalue weighted by atomic mass is 9.83. The van der Waals surface area contributed by atoms with Crippen molar-refractivity contribution in [3.8, 4) is 0 Å². The summed E-state index contributed by atoms with van der Waals surface area (Å²) in [6.45, 7) is 2.55. The normalized spacial score (nSPS) is 29.1. The summed E-state index contributed by atoms with van der Waals surface area (Å²) in [5.74, 6) is 4.85. The smallest absolute Gasteiger partial charge is 0.00123 e. The number of hydrogen-bond acceptors (Lipinski definition) is 2. The van der Waals surface area contributed by atoms with Gasteiger partial charge in [-0.3, -0.25) is 0 Å². The molecule has 1 aliphatic heterocycles. The maximum Gasteiger partial charge on any atom is -0.00123 e. The third-order valence-electron chi connectivity index (χ3n) is 3.41. The molecular formula is C11H21NS. The Morgan fingerprint density at radius 3 is 2.69 bits per heavy atom. The van der Waals surface area contributed by atoms with Crippen LogP contribution in [0, 0.1) is 11.8 Å². The van der Waals surface area contributed by atoms with Gasteiger partial charge in [-0.2, -0.15) is 11.8 Å². The van der Waals surface area contributed by atoms with Crippen molar-refractivity contribution in [3.05, 3.63) is 0 Å². The third kappa shape index (κ3) is 3.17. The zero-order valence-corrected chi connectivity index (χ0v) is 9.24. The topological polar surface area (TPSA) is 12.0 Å². The van der Waals surface area contributed by atoms with Crippen LogP contribution in [-0.2, 0) is 0 Å². The predicted octanol–water partition coefficient (Wildman–Crippen LogP) is 2.52. The fraction of sp³-hybridized carbons (Fsp3) is 1.00. The highest BCUT2D eigenvalue weighted by atomic mass is 32.2. The van der Waals surface area contributed by atoms with Crippen LogP contribution in [0.15, 0.2) is 0 Å². The molecule has 76 valence electrons. The lowest BCUT2D eigenvalue weighted by molar-refractivity contribution is 0.290. The van der Waals surface area contributed by atoms with E-state index in [1.54, 1.807) is 0 Å². The summed E-state index contributed by atoms with van der Waals surface area (Å²) < 4.78 is 0. The first-order valence-electron chi connectivity index (χ1n) is 5.73. The van der Waals surface area contributed by atoms with Crippen molar-refractivity contribution in [3.63, 3.8) is 0 Å². The molecule has 2 heteroatoms. The van der Waals surface area contributed by atoms with Crippen LogP contribution >= 0.6 is 11.8 Å². The van der Waals surface area contributed by atoms with Crippen LogP contribution in [0.4, 0.5) is 0 Å². The minimum Gasteiger partial charge on any atom is -0.316 e. The monoisotopic (exact) mass is 199 g/mol. The molecule has 1 saturated heterocycles. The summed E-state index contributed by atoms with van der Waals surface area (Å²) in [5.41, 5.74) is 0. The summed E-state index contributed by atoms with van der Waals surface area (Å²) in [5, 5.41) is 3.61. The molecule has 0 bridgehead atoms. The summed E-state index contributed by atoms with van der Waals surface area (Å²) >= 11 is 2.12. The van der Waals surface area contributed by atoms with Crippen LogP contribution in [0.5, 0.6) is 0 Å². The molecule has 1 saturated carbocycles. The van der Waals surface area contributed by atoms with Gasteiger partial charge in [0.1, 0.15) is 0 Å². The molecule has 1 N–H and O–H groups in total. The largest absolute Gasteiger partial charge is 0.316 e. The Bertz CT molecular complexity index is 139. The van der Waals surface area contributed by atoms with Crippen molar-refractivity contribution in [2.24, 2.45) is 11.8 Å². The van der Waals surface area contributed by atoms with Gasteiger partial charge in [-0.05, 0) is 49.3 Å². The van der Waals surface area contributed by atoms with Crippen molar-refractivity contribution < 1.29 is 0 Å². The minimum atomic E-state index is 0.978. The van der Waals surface area contributed by atoms with Crippen LogP contribution in [0.3, 0.4) is 0 Å². The first-order valence-corrected chi connectivity index (χ1v) is 6.89. The molecule has 1 aliphatic carbocycles. The maximum absolute atomic E-state index is 3.61. The third-order valence-corrected chi connectivity index (χ3v) is 4.64. The Morgan fingerprint density at radius 2 is 2.08 bits per heavy atom. The second-order valence-electron chi connectivity index (χ2n) is 4.52. The number of hydrogen-bond donors (Lipinski definition) is 1. The lowest BCUT2D eigenvalue weighted by Crippen LogP contribution is -2.26. The van der Waals surface area contributed by atoms with E-state index in [9.17, 15) is 0 Å². The first-order chi connectivity index (χ1) is 6.45. The average Bonchev–Trinajstić information content (AvgIpc) is 2.53. The average molecular weight is 199 g/mol. The van der Waals surface area contributed by atoms with E-state index in [4.69, 9.17) is 0 Å². The molecule has 0 radical (unpaired) electrons. The van der Waals surface area contributed by atoms with Crippen LogP contribution in [0.1, 0.15) is 32.1 Å². The van der Waals surface area contributed by atoms with E-state index in [0.29, 0.717) is 0 Å². The van der Waals surface area contributed by atoms with Gasteiger partial charge >= 0.3 is 0 Å². The molecule has 0 aromatic rings. The number of rotatable bonds is 5. The zero-order valence-electron chi connectivity index (χ0n) is 8.43. The zero-order chi connectivity index (χ0) is 8.93.